The summed E-state index contributed by atoms with van der Waals surface area (Å²) < 4.78 is 23.3. The van der Waals surface area contributed by atoms with Gasteiger partial charge in [0.25, 0.3) is 5.56 Å². The fourth-order valence-electron chi connectivity index (χ4n) is 3.98. The van der Waals surface area contributed by atoms with Crippen LogP contribution in [0.25, 0.3) is 6.08 Å². The van der Waals surface area contributed by atoms with Gasteiger partial charge < -0.3 is 18.9 Å². The Hall–Kier alpha value is -3.85. The topological polar surface area (TPSA) is 88.4 Å². The van der Waals surface area contributed by atoms with Crippen molar-refractivity contribution in [2.75, 3.05) is 28.4 Å². The van der Waals surface area contributed by atoms with Crippen molar-refractivity contribution in [3.05, 3.63) is 84.5 Å². The van der Waals surface area contributed by atoms with Crippen LogP contribution in [-0.4, -0.2) is 39.0 Å². The third-order valence-corrected chi connectivity index (χ3v) is 6.51. The molecule has 9 heteroatoms. The van der Waals surface area contributed by atoms with Crippen LogP contribution >= 0.6 is 11.3 Å². The molecule has 1 unspecified atom stereocenters. The second-order valence-corrected chi connectivity index (χ2v) is 8.45. The summed E-state index contributed by atoms with van der Waals surface area (Å²) in [5, 5.41) is 0. The van der Waals surface area contributed by atoms with E-state index in [0.29, 0.717) is 43.4 Å². The summed E-state index contributed by atoms with van der Waals surface area (Å²) in [6.07, 6.45) is 1.74. The van der Waals surface area contributed by atoms with E-state index in [2.05, 4.69) is 4.99 Å². The largest absolute Gasteiger partial charge is 0.493 e. The van der Waals surface area contributed by atoms with Crippen LogP contribution in [0.1, 0.15) is 24.1 Å². The van der Waals surface area contributed by atoms with Crippen LogP contribution in [0.4, 0.5) is 0 Å². The van der Waals surface area contributed by atoms with Crippen LogP contribution in [0.5, 0.6) is 17.2 Å². The number of benzene rings is 2. The first-order valence-electron chi connectivity index (χ1n) is 10.4. The van der Waals surface area contributed by atoms with Crippen molar-refractivity contribution >= 4 is 23.4 Å². The Morgan fingerprint density at radius 3 is 2.24 bits per heavy atom. The molecule has 1 aliphatic rings. The number of esters is 1. The number of hydrogen-bond acceptors (Lipinski definition) is 8. The number of fused-ring (bicyclic) bond motifs is 1. The third-order valence-electron chi connectivity index (χ3n) is 5.53. The molecule has 3 aromatic rings. The van der Waals surface area contributed by atoms with Gasteiger partial charge in [0.05, 0.1) is 50.3 Å². The van der Waals surface area contributed by atoms with E-state index in [4.69, 9.17) is 18.9 Å². The Morgan fingerprint density at radius 1 is 1.03 bits per heavy atom. The predicted molar refractivity (Wildman–Crippen MR) is 128 cm³/mol. The molecule has 4 rings (SSSR count). The van der Waals surface area contributed by atoms with Gasteiger partial charge >= 0.3 is 5.97 Å². The smallest absolute Gasteiger partial charge is 0.338 e. The Kier molecular flexibility index (Phi) is 6.56. The number of nitrogens with zero attached hydrogens (tertiary/aromatic N) is 2. The van der Waals surface area contributed by atoms with Crippen LogP contribution < -0.4 is 29.1 Å². The van der Waals surface area contributed by atoms with Crippen molar-refractivity contribution < 1.29 is 23.7 Å². The number of carbonyl (C=O) groups excluding carboxylic acids is 1. The normalized spacial score (nSPS) is 15.4. The Labute approximate surface area is 200 Å². The van der Waals surface area contributed by atoms with E-state index in [1.807, 2.05) is 30.3 Å². The first-order chi connectivity index (χ1) is 16.4. The molecule has 0 bridgehead atoms. The second-order valence-electron chi connectivity index (χ2n) is 7.44. The van der Waals surface area contributed by atoms with Crippen molar-refractivity contribution in [1.29, 1.82) is 0 Å². The number of hydrogen-bond donors (Lipinski definition) is 0. The van der Waals surface area contributed by atoms with Gasteiger partial charge in [0.1, 0.15) is 0 Å². The fraction of sp³-hybridized carbons (Fsp3) is 0.240. The highest BCUT2D eigenvalue weighted by atomic mass is 32.1. The molecule has 0 saturated carbocycles. The third kappa shape index (κ3) is 3.99. The zero-order chi connectivity index (χ0) is 24.4. The van der Waals surface area contributed by atoms with E-state index >= 15 is 0 Å². The monoisotopic (exact) mass is 480 g/mol. The minimum atomic E-state index is -0.646. The maximum Gasteiger partial charge on any atom is 0.338 e. The van der Waals surface area contributed by atoms with Crippen molar-refractivity contribution in [3.63, 3.8) is 0 Å². The highest BCUT2D eigenvalue weighted by molar-refractivity contribution is 7.07. The minimum absolute atomic E-state index is 0.264. The molecule has 2 aromatic carbocycles. The zero-order valence-corrected chi connectivity index (χ0v) is 20.3. The molecule has 8 nitrogen and oxygen atoms in total. The van der Waals surface area contributed by atoms with Crippen molar-refractivity contribution in [2.45, 2.75) is 13.0 Å². The summed E-state index contributed by atoms with van der Waals surface area (Å²) in [7, 11) is 5.92. The molecule has 176 valence electrons. The van der Waals surface area contributed by atoms with Gasteiger partial charge in [0.15, 0.2) is 16.3 Å². The maximum atomic E-state index is 13.6. The van der Waals surface area contributed by atoms with Gasteiger partial charge in [-0.3, -0.25) is 9.36 Å². The number of allylic oxidation sites excluding steroid dienone is 1. The van der Waals surface area contributed by atoms with Crippen molar-refractivity contribution in [1.82, 2.24) is 4.57 Å². The molecule has 1 aromatic heterocycles. The molecule has 0 amide bonds. The van der Waals surface area contributed by atoms with E-state index in [0.717, 1.165) is 5.56 Å². The van der Waals surface area contributed by atoms with Gasteiger partial charge in [-0.05, 0) is 36.3 Å². The lowest BCUT2D eigenvalue weighted by Gasteiger charge is -2.24. The van der Waals surface area contributed by atoms with Gasteiger partial charge in [-0.2, -0.15) is 0 Å². The summed E-state index contributed by atoms with van der Waals surface area (Å²) in [5.74, 6) is 0.902. The summed E-state index contributed by atoms with van der Waals surface area (Å²) in [5.41, 5.74) is 2.07. The molecule has 0 spiro atoms. The fourth-order valence-corrected chi connectivity index (χ4v) is 5.03. The van der Waals surface area contributed by atoms with Crippen molar-refractivity contribution in [2.24, 2.45) is 4.99 Å². The highest BCUT2D eigenvalue weighted by Gasteiger charge is 2.32. The maximum absolute atomic E-state index is 13.6. The van der Waals surface area contributed by atoms with E-state index in [1.54, 1.807) is 29.7 Å². The lowest BCUT2D eigenvalue weighted by Crippen LogP contribution is -2.39. The molecule has 0 radical (unpaired) electrons. The molecule has 0 aliphatic carbocycles. The number of aromatic nitrogens is 1. The van der Waals surface area contributed by atoms with Crippen LogP contribution in [0.2, 0.25) is 0 Å². The predicted octanol–water partition coefficient (Wildman–Crippen LogP) is 2.43. The summed E-state index contributed by atoms with van der Waals surface area (Å²) in [4.78, 5) is 31.4. The van der Waals surface area contributed by atoms with E-state index in [9.17, 15) is 9.59 Å². The first kappa shape index (κ1) is 23.3. The van der Waals surface area contributed by atoms with Gasteiger partial charge in [-0.15, -0.1) is 0 Å². The lowest BCUT2D eigenvalue weighted by atomic mass is 9.96. The Balaban J connectivity index is 1.95. The first-order valence-corrected chi connectivity index (χ1v) is 11.2. The zero-order valence-electron chi connectivity index (χ0n) is 19.4. The average molecular weight is 481 g/mol. The quantitative estimate of drug-likeness (QED) is 0.504. The average Bonchev–Trinajstić information content (AvgIpc) is 3.16. The molecular weight excluding hydrogens is 456 g/mol. The van der Waals surface area contributed by atoms with Crippen LogP contribution in [0.15, 0.2) is 63.5 Å². The van der Waals surface area contributed by atoms with Crippen LogP contribution in [-0.2, 0) is 9.53 Å². The molecule has 0 fully saturated rings. The molecule has 0 N–H and O–H groups in total. The van der Waals surface area contributed by atoms with Crippen LogP contribution in [0.3, 0.4) is 0 Å². The SMILES string of the molecule is COC(=O)C1=C(C)N=c2s/c(=C/c3cc(OC)c(OC)c(OC)c3)c(=O)n2C1c1ccccc1. The van der Waals surface area contributed by atoms with Gasteiger partial charge in [0.2, 0.25) is 5.75 Å². The number of ether oxygens (including phenoxy) is 4. The van der Waals surface area contributed by atoms with Gasteiger partial charge in [-0.1, -0.05) is 41.7 Å². The molecule has 2 heterocycles. The lowest BCUT2D eigenvalue weighted by molar-refractivity contribution is -0.136. The second kappa shape index (κ2) is 9.56. The summed E-state index contributed by atoms with van der Waals surface area (Å²) >= 11 is 1.25. The summed E-state index contributed by atoms with van der Waals surface area (Å²) in [6, 6.07) is 12.2. The molecular formula is C25H24N2O6S. The van der Waals surface area contributed by atoms with E-state index in [1.165, 1.54) is 39.8 Å². The molecule has 1 atom stereocenters. The highest BCUT2D eigenvalue weighted by Crippen LogP contribution is 2.38. The Bertz CT molecular complexity index is 1430. The Morgan fingerprint density at radius 2 is 1.68 bits per heavy atom. The summed E-state index contributed by atoms with van der Waals surface area (Å²) in [6.45, 7) is 1.75. The van der Waals surface area contributed by atoms with E-state index < -0.39 is 12.0 Å². The minimum Gasteiger partial charge on any atom is -0.493 e. The standard InChI is InChI=1S/C25H24N2O6S/c1-14-20(24(29)33-5)21(16-9-7-6-8-10-16)27-23(28)19(34-25(27)26-14)13-15-11-17(30-2)22(32-4)18(12-15)31-3/h6-13,21H,1-5H3/b19-13+. The van der Waals surface area contributed by atoms with Gasteiger partial charge in [-0.25, -0.2) is 9.79 Å². The number of methoxy groups -OCH3 is 4. The van der Waals surface area contributed by atoms with Crippen LogP contribution in [0, 0.1) is 0 Å². The number of rotatable bonds is 6. The van der Waals surface area contributed by atoms with E-state index in [-0.39, 0.29) is 5.56 Å². The molecule has 34 heavy (non-hydrogen) atoms. The number of thiazole rings is 1. The van der Waals surface area contributed by atoms with Gasteiger partial charge in [0, 0.05) is 0 Å². The number of carbonyl (C=O) groups is 1. The molecule has 0 saturated heterocycles. The molecule has 1 aliphatic heterocycles. The van der Waals surface area contributed by atoms with Crippen molar-refractivity contribution in [3.8, 4) is 17.2 Å².